The summed E-state index contributed by atoms with van der Waals surface area (Å²) < 4.78 is 13.1. The predicted octanol–water partition coefficient (Wildman–Crippen LogP) is 3.42. The van der Waals surface area contributed by atoms with Gasteiger partial charge in [0.25, 0.3) is 0 Å². The van der Waals surface area contributed by atoms with Crippen LogP contribution >= 0.6 is 0 Å². The van der Waals surface area contributed by atoms with Gasteiger partial charge in [0.05, 0.1) is 0 Å². The zero-order valence-corrected chi connectivity index (χ0v) is 9.67. The number of rotatable bonds is 1. The molecule has 0 saturated heterocycles. The van der Waals surface area contributed by atoms with Gasteiger partial charge in [-0.25, -0.2) is 4.39 Å². The average molecular weight is 219 g/mol. The molecule has 1 aliphatic carbocycles. The van der Waals surface area contributed by atoms with Crippen molar-refractivity contribution in [2.24, 2.45) is 5.73 Å². The van der Waals surface area contributed by atoms with Crippen molar-refractivity contribution in [1.82, 2.24) is 0 Å². The molecule has 1 aliphatic rings. The molecule has 1 unspecified atom stereocenters. The Balaban J connectivity index is 2.24. The molecule has 0 radical (unpaired) electrons. The van der Waals surface area contributed by atoms with E-state index < -0.39 is 0 Å². The van der Waals surface area contributed by atoms with Gasteiger partial charge in [0.2, 0.25) is 0 Å². The maximum Gasteiger partial charge on any atom is 0.123 e. The highest BCUT2D eigenvalue weighted by Gasteiger charge is 2.13. The van der Waals surface area contributed by atoms with Gasteiger partial charge in [0.15, 0.2) is 0 Å². The second kappa shape index (κ2) is 4.79. The topological polar surface area (TPSA) is 26.0 Å². The Bertz CT molecular complexity index is 409. The number of halogens is 1. The fourth-order valence-electron chi connectivity index (χ4n) is 2.25. The van der Waals surface area contributed by atoms with E-state index in [1.54, 1.807) is 6.07 Å². The molecule has 1 aromatic rings. The maximum atomic E-state index is 13.1. The number of hydrogen-bond acceptors (Lipinski definition) is 1. The van der Waals surface area contributed by atoms with E-state index in [9.17, 15) is 4.39 Å². The van der Waals surface area contributed by atoms with Crippen molar-refractivity contribution < 1.29 is 4.39 Å². The summed E-state index contributed by atoms with van der Waals surface area (Å²) in [5.74, 6) is -0.169. The minimum Gasteiger partial charge on any atom is -0.327 e. The molecule has 86 valence electrons. The molecule has 1 atom stereocenters. The van der Waals surface area contributed by atoms with Gasteiger partial charge in [-0.05, 0) is 55.9 Å². The molecular weight excluding hydrogens is 201 g/mol. The predicted molar refractivity (Wildman–Crippen MR) is 65.6 cm³/mol. The standard InChI is InChI=1S/C14H18FN/c1-10-5-6-13(15)9-12(10)7-11-3-2-4-14(16)8-11/h5-7,9,14H,2-4,8,16H2,1H3/b11-7-. The van der Waals surface area contributed by atoms with Gasteiger partial charge >= 0.3 is 0 Å². The third-order valence-corrected chi connectivity index (χ3v) is 3.20. The highest BCUT2D eigenvalue weighted by Crippen LogP contribution is 2.25. The molecule has 0 amide bonds. The van der Waals surface area contributed by atoms with E-state index in [4.69, 9.17) is 5.73 Å². The molecule has 2 rings (SSSR count). The van der Waals surface area contributed by atoms with Gasteiger partial charge in [-0.3, -0.25) is 0 Å². The first kappa shape index (κ1) is 11.3. The van der Waals surface area contributed by atoms with Crippen LogP contribution in [-0.2, 0) is 0 Å². The van der Waals surface area contributed by atoms with Crippen molar-refractivity contribution >= 4 is 6.08 Å². The quantitative estimate of drug-likeness (QED) is 0.769. The SMILES string of the molecule is Cc1ccc(F)cc1/C=C1/CCCC(N)C1. The minimum atomic E-state index is -0.169. The smallest absolute Gasteiger partial charge is 0.123 e. The number of nitrogens with two attached hydrogens (primary N) is 1. The van der Waals surface area contributed by atoms with Gasteiger partial charge in [0.1, 0.15) is 5.82 Å². The van der Waals surface area contributed by atoms with Crippen molar-refractivity contribution in [3.05, 3.63) is 40.7 Å². The lowest BCUT2D eigenvalue weighted by Crippen LogP contribution is -2.23. The van der Waals surface area contributed by atoms with Gasteiger partial charge < -0.3 is 5.73 Å². The summed E-state index contributed by atoms with van der Waals surface area (Å²) in [6, 6.07) is 5.21. The van der Waals surface area contributed by atoms with Crippen LogP contribution in [0.2, 0.25) is 0 Å². The molecule has 1 saturated carbocycles. The van der Waals surface area contributed by atoms with Crippen LogP contribution in [0.3, 0.4) is 0 Å². The molecule has 1 nitrogen and oxygen atoms in total. The van der Waals surface area contributed by atoms with E-state index in [0.29, 0.717) is 0 Å². The van der Waals surface area contributed by atoms with Crippen molar-refractivity contribution in [3.8, 4) is 0 Å². The van der Waals surface area contributed by atoms with Crippen LogP contribution in [-0.4, -0.2) is 6.04 Å². The van der Waals surface area contributed by atoms with Crippen LogP contribution < -0.4 is 5.73 Å². The van der Waals surface area contributed by atoms with Gasteiger partial charge in [0, 0.05) is 6.04 Å². The van der Waals surface area contributed by atoms with Crippen molar-refractivity contribution in [1.29, 1.82) is 0 Å². The first-order chi connectivity index (χ1) is 7.65. The number of aryl methyl sites for hydroxylation is 1. The molecule has 0 spiro atoms. The highest BCUT2D eigenvalue weighted by atomic mass is 19.1. The lowest BCUT2D eigenvalue weighted by Gasteiger charge is -2.20. The Morgan fingerprint density at radius 3 is 3.00 bits per heavy atom. The molecule has 2 N–H and O–H groups in total. The summed E-state index contributed by atoms with van der Waals surface area (Å²) in [6.07, 6.45) is 6.43. The number of hydrogen-bond donors (Lipinski definition) is 1. The van der Waals surface area contributed by atoms with Gasteiger partial charge in [-0.15, -0.1) is 0 Å². The first-order valence-corrected chi connectivity index (χ1v) is 5.86. The molecule has 16 heavy (non-hydrogen) atoms. The van der Waals surface area contributed by atoms with Crippen LogP contribution in [0.4, 0.5) is 4.39 Å². The Morgan fingerprint density at radius 2 is 2.25 bits per heavy atom. The fourth-order valence-corrected chi connectivity index (χ4v) is 2.25. The Hall–Kier alpha value is -1.15. The molecule has 1 fully saturated rings. The van der Waals surface area contributed by atoms with E-state index in [-0.39, 0.29) is 11.9 Å². The van der Waals surface area contributed by atoms with E-state index in [0.717, 1.165) is 36.8 Å². The average Bonchev–Trinajstić information content (AvgIpc) is 2.24. The maximum absolute atomic E-state index is 13.1. The molecular formula is C14H18FN. The van der Waals surface area contributed by atoms with Crippen LogP contribution in [0, 0.1) is 12.7 Å². The normalized spacial score (nSPS) is 23.7. The zero-order valence-electron chi connectivity index (χ0n) is 9.67. The molecule has 2 heteroatoms. The van der Waals surface area contributed by atoms with Gasteiger partial charge in [-0.2, -0.15) is 0 Å². The Kier molecular flexibility index (Phi) is 3.39. The Morgan fingerprint density at radius 1 is 1.44 bits per heavy atom. The highest BCUT2D eigenvalue weighted by molar-refractivity contribution is 5.56. The van der Waals surface area contributed by atoms with E-state index in [1.807, 2.05) is 13.0 Å². The molecule has 0 aromatic heterocycles. The van der Waals surface area contributed by atoms with Crippen LogP contribution in [0.5, 0.6) is 0 Å². The van der Waals surface area contributed by atoms with Crippen molar-refractivity contribution in [2.75, 3.05) is 0 Å². The fraction of sp³-hybridized carbons (Fsp3) is 0.429. The van der Waals surface area contributed by atoms with Crippen molar-refractivity contribution in [2.45, 2.75) is 38.6 Å². The van der Waals surface area contributed by atoms with E-state index in [2.05, 4.69) is 6.08 Å². The summed E-state index contributed by atoms with van der Waals surface area (Å²) >= 11 is 0. The van der Waals surface area contributed by atoms with Gasteiger partial charge in [-0.1, -0.05) is 17.7 Å². The summed E-state index contributed by atoms with van der Waals surface area (Å²) in [6.45, 7) is 2.01. The largest absolute Gasteiger partial charge is 0.327 e. The van der Waals surface area contributed by atoms with Crippen LogP contribution in [0.25, 0.3) is 6.08 Å². The van der Waals surface area contributed by atoms with Crippen LogP contribution in [0.1, 0.15) is 36.8 Å². The van der Waals surface area contributed by atoms with E-state index in [1.165, 1.54) is 11.6 Å². The second-order valence-electron chi connectivity index (χ2n) is 4.66. The minimum absolute atomic E-state index is 0.169. The monoisotopic (exact) mass is 219 g/mol. The lowest BCUT2D eigenvalue weighted by atomic mass is 9.89. The summed E-state index contributed by atoms with van der Waals surface area (Å²) in [5.41, 5.74) is 9.39. The summed E-state index contributed by atoms with van der Waals surface area (Å²) in [5, 5.41) is 0. The van der Waals surface area contributed by atoms with Crippen LogP contribution in [0.15, 0.2) is 23.8 Å². The lowest BCUT2D eigenvalue weighted by molar-refractivity contribution is 0.520. The number of benzene rings is 1. The molecule has 0 heterocycles. The first-order valence-electron chi connectivity index (χ1n) is 5.86. The third-order valence-electron chi connectivity index (χ3n) is 3.20. The summed E-state index contributed by atoms with van der Waals surface area (Å²) in [7, 11) is 0. The molecule has 1 aromatic carbocycles. The third kappa shape index (κ3) is 2.70. The molecule has 0 bridgehead atoms. The second-order valence-corrected chi connectivity index (χ2v) is 4.66. The summed E-state index contributed by atoms with van der Waals surface area (Å²) in [4.78, 5) is 0. The van der Waals surface area contributed by atoms with Crippen molar-refractivity contribution in [3.63, 3.8) is 0 Å². The molecule has 0 aliphatic heterocycles. The van der Waals surface area contributed by atoms with E-state index >= 15 is 0 Å². The Labute approximate surface area is 96.2 Å². The zero-order chi connectivity index (χ0) is 11.5.